The Balaban J connectivity index is 0.620. The van der Waals surface area contributed by atoms with E-state index in [1.54, 1.807) is 40.6 Å². The fourth-order valence-electron chi connectivity index (χ4n) is 14.4. The zero-order valence-electron chi connectivity index (χ0n) is 44.5. The lowest BCUT2D eigenvalue weighted by molar-refractivity contribution is -0.135. The molecule has 0 saturated carbocycles. The molecule has 20 heteroatoms. The molecule has 13 rings (SSSR count). The van der Waals surface area contributed by atoms with E-state index in [9.17, 15) is 19.2 Å². The van der Waals surface area contributed by atoms with Crippen LogP contribution >= 0.6 is 0 Å². The highest BCUT2D eigenvalue weighted by molar-refractivity contribution is 6.02. The van der Waals surface area contributed by atoms with Gasteiger partial charge in [-0.2, -0.15) is 9.97 Å². The zero-order valence-corrected chi connectivity index (χ0v) is 44.5. The summed E-state index contributed by atoms with van der Waals surface area (Å²) in [6, 6.07) is 14.8. The van der Waals surface area contributed by atoms with Gasteiger partial charge in [0.1, 0.15) is 42.1 Å². The van der Waals surface area contributed by atoms with Crippen molar-refractivity contribution in [1.29, 1.82) is 0 Å². The molecule has 412 valence electrons. The Hall–Kier alpha value is -7.05. The summed E-state index contributed by atoms with van der Waals surface area (Å²) in [5.41, 5.74) is 2.48. The average Bonchev–Trinajstić information content (AvgIpc) is 4.23. The summed E-state index contributed by atoms with van der Waals surface area (Å²) in [4.78, 5) is 75.0. The molecule has 0 radical (unpaired) electrons. The van der Waals surface area contributed by atoms with Crippen molar-refractivity contribution in [3.8, 4) is 29.6 Å². The van der Waals surface area contributed by atoms with Gasteiger partial charge in [0.25, 0.3) is 0 Å². The number of hydrogen-bond donors (Lipinski definition) is 3. The number of aromatic nitrogens is 5. The summed E-state index contributed by atoms with van der Waals surface area (Å²) in [5, 5.41) is 11.5. The van der Waals surface area contributed by atoms with Crippen LogP contribution in [0, 0.1) is 24.0 Å². The molecule has 2 bridgehead atoms. The molecule has 7 aliphatic rings. The number of aryl methyl sites for hydroxylation is 1. The first-order valence-electron chi connectivity index (χ1n) is 28.3. The zero-order chi connectivity index (χ0) is 54.1. The van der Waals surface area contributed by atoms with E-state index in [2.05, 4.69) is 41.6 Å². The first kappa shape index (κ1) is 51.4. The van der Waals surface area contributed by atoms with Gasteiger partial charge in [0.05, 0.1) is 27.5 Å². The van der Waals surface area contributed by atoms with E-state index < -0.39 is 23.6 Å². The summed E-state index contributed by atoms with van der Waals surface area (Å²) < 4.78 is 48.2. The van der Waals surface area contributed by atoms with E-state index in [1.807, 2.05) is 29.2 Å². The van der Waals surface area contributed by atoms with Crippen LogP contribution < -0.4 is 31.3 Å². The number of anilines is 1. The molecule has 7 fully saturated rings. The molecule has 7 saturated heterocycles. The molecule has 3 aromatic carbocycles. The van der Waals surface area contributed by atoms with Gasteiger partial charge in [-0.25, -0.2) is 18.4 Å². The monoisotopic (exact) mass is 1080 g/mol. The molecular formula is C59H66F2N12O6. The number of fused-ring (bicyclic) bond motifs is 6. The molecule has 79 heavy (non-hydrogen) atoms. The number of carbonyl (C=O) groups is 3. The maximum atomic E-state index is 17.2. The van der Waals surface area contributed by atoms with Crippen molar-refractivity contribution in [3.05, 3.63) is 88.0 Å². The molecule has 5 atom stereocenters. The number of ether oxygens (including phenoxy) is 2. The molecule has 3 unspecified atom stereocenters. The number of terminal acetylenes is 1. The molecule has 10 heterocycles. The Morgan fingerprint density at radius 2 is 1.67 bits per heavy atom. The molecular weight excluding hydrogens is 1010 g/mol. The van der Waals surface area contributed by atoms with E-state index >= 15 is 8.78 Å². The Labute approximate surface area is 456 Å². The van der Waals surface area contributed by atoms with Crippen LogP contribution in [0.5, 0.6) is 6.01 Å². The van der Waals surface area contributed by atoms with Crippen LogP contribution in [-0.2, 0) is 27.9 Å². The van der Waals surface area contributed by atoms with Gasteiger partial charge in [0.2, 0.25) is 11.8 Å². The number of amides is 3. The third kappa shape index (κ3) is 9.45. The molecule has 3 aromatic heterocycles. The number of piperidine rings is 3. The smallest absolute Gasteiger partial charge is 0.409 e. The van der Waals surface area contributed by atoms with Gasteiger partial charge in [-0.15, -0.1) is 6.42 Å². The normalized spacial score (nSPS) is 25.1. The summed E-state index contributed by atoms with van der Waals surface area (Å²) in [6.07, 6.45) is 17.0. The van der Waals surface area contributed by atoms with E-state index in [0.717, 1.165) is 94.9 Å². The van der Waals surface area contributed by atoms with Gasteiger partial charge in [-0.1, -0.05) is 42.3 Å². The second-order valence-electron chi connectivity index (χ2n) is 23.0. The van der Waals surface area contributed by atoms with Crippen LogP contribution in [0.4, 0.5) is 19.4 Å². The molecule has 0 aliphatic carbocycles. The van der Waals surface area contributed by atoms with Crippen molar-refractivity contribution >= 4 is 56.4 Å². The van der Waals surface area contributed by atoms with Gasteiger partial charge in [0, 0.05) is 93.5 Å². The number of imide groups is 1. The van der Waals surface area contributed by atoms with Crippen molar-refractivity contribution in [2.45, 2.75) is 125 Å². The highest BCUT2D eigenvalue weighted by Gasteiger charge is 2.50. The lowest BCUT2D eigenvalue weighted by atomic mass is 9.95. The second-order valence-corrected chi connectivity index (χ2v) is 23.0. The van der Waals surface area contributed by atoms with Crippen molar-refractivity contribution in [2.75, 3.05) is 63.9 Å². The number of pyridine rings is 1. The summed E-state index contributed by atoms with van der Waals surface area (Å²) in [7, 11) is 1.75. The molecule has 0 spiro atoms. The predicted octanol–water partition coefficient (Wildman–Crippen LogP) is 5.91. The Bertz CT molecular complexity index is 3500. The van der Waals surface area contributed by atoms with Gasteiger partial charge in [-0.05, 0) is 113 Å². The molecule has 18 nitrogen and oxygen atoms in total. The first-order valence-corrected chi connectivity index (χ1v) is 28.3. The number of likely N-dealkylation sites (tertiary alicyclic amines) is 2. The Morgan fingerprint density at radius 1 is 0.899 bits per heavy atom. The van der Waals surface area contributed by atoms with Crippen molar-refractivity contribution in [2.24, 2.45) is 7.05 Å². The number of benzene rings is 3. The van der Waals surface area contributed by atoms with Crippen molar-refractivity contribution in [3.63, 3.8) is 0 Å². The van der Waals surface area contributed by atoms with Gasteiger partial charge < -0.3 is 29.9 Å². The number of imidazole rings is 1. The molecule has 6 aromatic rings. The van der Waals surface area contributed by atoms with Gasteiger partial charge >= 0.3 is 17.8 Å². The fraction of sp³-hybridized carbons (Fsp3) is 0.508. The minimum Gasteiger partial charge on any atom is -0.461 e. The van der Waals surface area contributed by atoms with Crippen LogP contribution in [0.25, 0.3) is 44.0 Å². The number of halogens is 2. The largest absolute Gasteiger partial charge is 0.461 e. The highest BCUT2D eigenvalue weighted by atomic mass is 19.1. The number of rotatable bonds is 12. The van der Waals surface area contributed by atoms with E-state index in [0.29, 0.717) is 90.9 Å². The number of hydrogen-bond acceptors (Lipinski definition) is 14. The lowest BCUT2D eigenvalue weighted by Crippen LogP contribution is -2.51. The number of nitrogens with zero attached hydrogens (tertiary/aromatic N) is 9. The highest BCUT2D eigenvalue weighted by Crippen LogP contribution is 2.44. The minimum absolute atomic E-state index is 0.0158. The van der Waals surface area contributed by atoms with Crippen LogP contribution in [0.1, 0.15) is 94.2 Å². The molecule has 3 N–H and O–H groups in total. The van der Waals surface area contributed by atoms with Gasteiger partial charge in [-0.3, -0.25) is 38.8 Å². The van der Waals surface area contributed by atoms with Crippen molar-refractivity contribution < 1.29 is 32.6 Å². The average molecular weight is 1080 g/mol. The quantitative estimate of drug-likeness (QED) is 0.0972. The summed E-state index contributed by atoms with van der Waals surface area (Å²) in [6.45, 7) is 6.56. The van der Waals surface area contributed by atoms with Gasteiger partial charge in [0.15, 0.2) is 5.82 Å². The number of nitrogens with one attached hydrogen (secondary N) is 3. The van der Waals surface area contributed by atoms with E-state index in [1.165, 1.54) is 6.07 Å². The van der Waals surface area contributed by atoms with E-state index in [4.69, 9.17) is 25.9 Å². The first-order chi connectivity index (χ1) is 38.4. The maximum Gasteiger partial charge on any atom is 0.409 e. The van der Waals surface area contributed by atoms with Crippen LogP contribution in [0.2, 0.25) is 0 Å². The summed E-state index contributed by atoms with van der Waals surface area (Å²) >= 11 is 0. The molecule has 7 aliphatic heterocycles. The van der Waals surface area contributed by atoms with Crippen LogP contribution in [-0.4, -0.2) is 151 Å². The standard InChI is InChI=1S/C59H66F2N12O6/c1-3-42-45(60)14-11-35-7-4-9-43(49(35)42)51-50(61)52-44(29-62-51)54(71-31-39-12-13-40(32-71)64-39)67-56(66-52)79-34-59-22-6-24-72(59)41(17-23-59)33-78-58(77)70-27-20-38(21-28-70)63-37-18-25-69(26-19-37)30-36-8-5-10-46-53(36)68(2)57(76)73(46)47-15-16-48(74)65-55(47)75/h1,4-5,7-11,14,29,37-41,47,63-64H,6,12-13,15-28,30-34H2,2H3,(H,65,74,75)/t39?,40?,41-,47?,59-/m0/s1. The van der Waals surface area contributed by atoms with E-state index in [-0.39, 0.29) is 77.2 Å². The third-order valence-electron chi connectivity index (χ3n) is 18.4. The number of carbonyl (C=O) groups excluding carboxylic acids is 3. The minimum atomic E-state index is -0.719. The molecule has 3 amide bonds. The number of para-hydroxylation sites is 1. The van der Waals surface area contributed by atoms with Crippen LogP contribution in [0.3, 0.4) is 0 Å². The predicted molar refractivity (Wildman–Crippen MR) is 293 cm³/mol. The second kappa shape index (κ2) is 20.9. The fourth-order valence-corrected chi connectivity index (χ4v) is 14.4. The van der Waals surface area contributed by atoms with Crippen LogP contribution in [0.15, 0.2) is 59.5 Å². The number of piperazine rings is 1. The Kier molecular flexibility index (Phi) is 13.6. The lowest BCUT2D eigenvalue weighted by Gasteiger charge is -2.38. The topological polar surface area (TPSA) is 184 Å². The SMILES string of the molecule is C#Cc1c(F)ccc2cccc(-c3ncc4c(N5CC6CCC(C5)N6)nc(OC[C@@]56CCCN5[C@H](COC(=O)N5CCC(NC7CCN(Cc8cccc9c8n(C)c(=O)n9C8CCC(=O)NC8=O)CC7)CC5)CC6)nc4c3F)c12. The maximum absolute atomic E-state index is 17.2. The Morgan fingerprint density at radius 3 is 2.44 bits per heavy atom. The third-order valence-corrected chi connectivity index (χ3v) is 18.4. The summed E-state index contributed by atoms with van der Waals surface area (Å²) in [5.74, 6) is 1.07. The van der Waals surface area contributed by atoms with Crippen molar-refractivity contribution in [1.82, 2.24) is 54.7 Å².